The third kappa shape index (κ3) is 5.41. The number of nitrogens with zero attached hydrogens (tertiary/aromatic N) is 5. The Bertz CT molecular complexity index is 1200. The van der Waals surface area contributed by atoms with Crippen molar-refractivity contribution >= 4 is 34.2 Å². The summed E-state index contributed by atoms with van der Waals surface area (Å²) >= 11 is 1.53. The van der Waals surface area contributed by atoms with Crippen molar-refractivity contribution in [1.29, 1.82) is 0 Å². The van der Waals surface area contributed by atoms with Crippen LogP contribution in [0.4, 0.5) is 0 Å². The fourth-order valence-corrected chi connectivity index (χ4v) is 4.23. The zero-order chi connectivity index (χ0) is 23.0. The molecule has 0 bridgehead atoms. The number of methoxy groups -OCH3 is 1. The number of thiophene rings is 1. The van der Waals surface area contributed by atoms with Gasteiger partial charge in [0.1, 0.15) is 18.1 Å². The van der Waals surface area contributed by atoms with Gasteiger partial charge in [-0.2, -0.15) is 0 Å². The van der Waals surface area contributed by atoms with Gasteiger partial charge in [-0.1, -0.05) is 29.5 Å². The van der Waals surface area contributed by atoms with Crippen LogP contribution in [-0.2, 0) is 27.4 Å². The second kappa shape index (κ2) is 10.8. The van der Waals surface area contributed by atoms with Crippen LogP contribution in [0.25, 0.3) is 11.0 Å². The first kappa shape index (κ1) is 22.6. The second-order valence-corrected chi connectivity index (χ2v) is 8.34. The Kier molecular flexibility index (Phi) is 7.38. The molecule has 0 unspecified atom stereocenters. The summed E-state index contributed by atoms with van der Waals surface area (Å²) in [5, 5.41) is 13.1. The van der Waals surface area contributed by atoms with Crippen LogP contribution >= 0.6 is 11.3 Å². The molecule has 0 radical (unpaired) electrons. The molecular formula is C23H24N6O3S. The molecule has 0 aliphatic rings. The zero-order valence-corrected chi connectivity index (χ0v) is 18.9. The second-order valence-electron chi connectivity index (χ2n) is 7.31. The quantitative estimate of drug-likeness (QED) is 0.362. The average Bonchev–Trinajstić information content (AvgIpc) is 3.50. The molecule has 0 fully saturated rings. The number of pyridine rings is 1. The van der Waals surface area contributed by atoms with Crippen LogP contribution in [0.15, 0.2) is 66.3 Å². The molecule has 1 atom stereocenters. The van der Waals surface area contributed by atoms with Crippen molar-refractivity contribution in [2.24, 2.45) is 0 Å². The molecule has 4 rings (SSSR count). The van der Waals surface area contributed by atoms with Gasteiger partial charge in [-0.15, -0.1) is 16.4 Å². The molecule has 2 amide bonds. The van der Waals surface area contributed by atoms with Crippen LogP contribution in [0.2, 0.25) is 0 Å². The number of carbonyl (C=O) groups excluding carboxylic acids is 2. The smallest absolute Gasteiger partial charge is 0.247 e. The first-order valence-electron chi connectivity index (χ1n) is 10.4. The number of fused-ring (bicyclic) bond motifs is 1. The van der Waals surface area contributed by atoms with Crippen LogP contribution in [0.1, 0.15) is 16.5 Å². The van der Waals surface area contributed by atoms with Gasteiger partial charge in [-0.25, -0.2) is 4.68 Å². The van der Waals surface area contributed by atoms with Crippen molar-refractivity contribution in [2.75, 3.05) is 20.3 Å². The molecular weight excluding hydrogens is 440 g/mol. The van der Waals surface area contributed by atoms with E-state index in [0.717, 1.165) is 10.4 Å². The van der Waals surface area contributed by atoms with E-state index in [2.05, 4.69) is 20.6 Å². The van der Waals surface area contributed by atoms with Gasteiger partial charge in [-0.05, 0) is 29.6 Å². The number of rotatable bonds is 10. The summed E-state index contributed by atoms with van der Waals surface area (Å²) in [5.41, 5.74) is 2.08. The number of amides is 2. The summed E-state index contributed by atoms with van der Waals surface area (Å²) < 4.78 is 6.62. The van der Waals surface area contributed by atoms with E-state index in [0.29, 0.717) is 24.2 Å². The molecule has 3 heterocycles. The Labute approximate surface area is 195 Å². The molecule has 1 aromatic carbocycles. The predicted molar refractivity (Wildman–Crippen MR) is 124 cm³/mol. The molecule has 0 saturated heterocycles. The van der Waals surface area contributed by atoms with E-state index in [1.165, 1.54) is 11.3 Å². The van der Waals surface area contributed by atoms with Crippen LogP contribution in [0.5, 0.6) is 0 Å². The molecule has 10 heteroatoms. The van der Waals surface area contributed by atoms with Gasteiger partial charge in [0.05, 0.1) is 18.7 Å². The molecule has 0 spiro atoms. The highest BCUT2D eigenvalue weighted by Crippen LogP contribution is 2.25. The minimum Gasteiger partial charge on any atom is -0.383 e. The van der Waals surface area contributed by atoms with Crippen molar-refractivity contribution in [2.45, 2.75) is 19.1 Å². The predicted octanol–water partition coefficient (Wildman–Crippen LogP) is 2.42. The number of hydrogen-bond acceptors (Lipinski definition) is 7. The number of ether oxygens (including phenoxy) is 1. The highest BCUT2D eigenvalue weighted by molar-refractivity contribution is 7.09. The van der Waals surface area contributed by atoms with Gasteiger partial charge < -0.3 is 15.0 Å². The fraction of sp³-hybridized carbons (Fsp3) is 0.261. The van der Waals surface area contributed by atoms with Crippen molar-refractivity contribution in [3.8, 4) is 0 Å². The molecule has 0 aliphatic heterocycles. The lowest BCUT2D eigenvalue weighted by Crippen LogP contribution is -2.45. The lowest BCUT2D eigenvalue weighted by molar-refractivity contribution is -0.142. The van der Waals surface area contributed by atoms with Crippen LogP contribution in [0, 0.1) is 0 Å². The van der Waals surface area contributed by atoms with E-state index in [4.69, 9.17) is 4.74 Å². The monoisotopic (exact) mass is 464 g/mol. The largest absolute Gasteiger partial charge is 0.383 e. The maximum Gasteiger partial charge on any atom is 0.247 e. The third-order valence-electron chi connectivity index (χ3n) is 5.10. The number of nitrogens with one attached hydrogen (secondary N) is 1. The number of carbonyl (C=O) groups is 2. The van der Waals surface area contributed by atoms with E-state index >= 15 is 0 Å². The topological polar surface area (TPSA) is 102 Å². The molecule has 1 N–H and O–H groups in total. The fourth-order valence-electron chi connectivity index (χ4n) is 3.53. The van der Waals surface area contributed by atoms with Gasteiger partial charge in [0.2, 0.25) is 11.8 Å². The van der Waals surface area contributed by atoms with Crippen molar-refractivity contribution in [3.05, 3.63) is 76.7 Å². The molecule has 3 aromatic heterocycles. The van der Waals surface area contributed by atoms with Gasteiger partial charge >= 0.3 is 0 Å². The van der Waals surface area contributed by atoms with Crippen molar-refractivity contribution < 1.29 is 14.3 Å². The number of benzene rings is 1. The van der Waals surface area contributed by atoms with Gasteiger partial charge in [0.15, 0.2) is 0 Å². The van der Waals surface area contributed by atoms with E-state index in [1.54, 1.807) is 41.2 Å². The molecule has 33 heavy (non-hydrogen) atoms. The Morgan fingerprint density at radius 2 is 2.06 bits per heavy atom. The van der Waals surface area contributed by atoms with Crippen LogP contribution < -0.4 is 5.32 Å². The molecule has 9 nitrogen and oxygen atoms in total. The summed E-state index contributed by atoms with van der Waals surface area (Å²) in [6.45, 7) is 0.935. The SMILES string of the molecule is COCCNC(=O)[C@H](c1cccnc1)N(Cc1cccs1)C(=O)Cn1nnc2ccccc21. The Morgan fingerprint density at radius 3 is 2.82 bits per heavy atom. The Hall–Kier alpha value is -3.63. The summed E-state index contributed by atoms with van der Waals surface area (Å²) in [5.74, 6) is -0.553. The van der Waals surface area contributed by atoms with Crippen LogP contribution in [0.3, 0.4) is 0 Å². The molecule has 0 saturated carbocycles. The highest BCUT2D eigenvalue weighted by Gasteiger charge is 2.32. The minimum absolute atomic E-state index is 0.0476. The van der Waals surface area contributed by atoms with E-state index in [9.17, 15) is 9.59 Å². The van der Waals surface area contributed by atoms with Crippen molar-refractivity contribution in [3.63, 3.8) is 0 Å². The van der Waals surface area contributed by atoms with E-state index in [1.807, 2.05) is 41.8 Å². The molecule has 4 aromatic rings. The first-order valence-corrected chi connectivity index (χ1v) is 11.3. The molecule has 0 aliphatic carbocycles. The minimum atomic E-state index is -0.861. The van der Waals surface area contributed by atoms with Crippen molar-refractivity contribution in [1.82, 2.24) is 30.2 Å². The van der Waals surface area contributed by atoms with E-state index in [-0.39, 0.29) is 24.9 Å². The summed E-state index contributed by atoms with van der Waals surface area (Å²) in [4.78, 5) is 33.6. The zero-order valence-electron chi connectivity index (χ0n) is 18.1. The summed E-state index contributed by atoms with van der Waals surface area (Å²) in [6, 6.07) is 14.0. The summed E-state index contributed by atoms with van der Waals surface area (Å²) in [7, 11) is 1.57. The molecule has 170 valence electrons. The van der Waals surface area contributed by atoms with Gasteiger partial charge in [0, 0.05) is 36.5 Å². The number of para-hydroxylation sites is 1. The Balaban J connectivity index is 1.68. The van der Waals surface area contributed by atoms with Gasteiger partial charge in [-0.3, -0.25) is 14.6 Å². The first-order chi connectivity index (χ1) is 16.2. The number of aromatic nitrogens is 4. The lowest BCUT2D eigenvalue weighted by Gasteiger charge is -2.31. The lowest BCUT2D eigenvalue weighted by atomic mass is 10.1. The van der Waals surface area contributed by atoms with E-state index < -0.39 is 6.04 Å². The highest BCUT2D eigenvalue weighted by atomic mass is 32.1. The maximum absolute atomic E-state index is 13.6. The maximum atomic E-state index is 13.6. The van der Waals surface area contributed by atoms with Gasteiger partial charge in [0.25, 0.3) is 0 Å². The standard InChI is InChI=1S/C23H24N6O3S/c1-32-12-11-25-23(31)22(17-6-4-10-24-14-17)28(15-18-7-5-13-33-18)21(30)16-29-20-9-3-2-8-19(20)26-27-29/h2-10,13-14,22H,11-12,15-16H2,1H3,(H,25,31)/t22-/m0/s1. The summed E-state index contributed by atoms with van der Waals surface area (Å²) in [6.07, 6.45) is 3.25. The average molecular weight is 465 g/mol. The normalized spacial score (nSPS) is 11.9. The van der Waals surface area contributed by atoms with Crippen LogP contribution in [-0.4, -0.2) is 57.0 Å². The Morgan fingerprint density at radius 1 is 1.18 bits per heavy atom. The number of hydrogen-bond donors (Lipinski definition) is 1. The third-order valence-corrected chi connectivity index (χ3v) is 5.96.